The van der Waals surface area contributed by atoms with Gasteiger partial charge in [-0.2, -0.15) is 5.10 Å². The topological polar surface area (TPSA) is 64.1 Å². The van der Waals surface area contributed by atoms with Crippen molar-refractivity contribution in [2.75, 3.05) is 19.5 Å². The van der Waals surface area contributed by atoms with Crippen molar-refractivity contribution in [1.29, 1.82) is 0 Å². The van der Waals surface area contributed by atoms with Crippen molar-refractivity contribution in [3.05, 3.63) is 90.0 Å². The Balaban J connectivity index is 1.65. The number of para-hydroxylation sites is 1. The number of nitrogens with zero attached hydrogens (tertiary/aromatic N) is 1. The van der Waals surface area contributed by atoms with Crippen molar-refractivity contribution in [2.45, 2.75) is 26.1 Å². The molecule has 182 valence electrons. The summed E-state index contributed by atoms with van der Waals surface area (Å²) in [6.45, 7) is 4.27. The van der Waals surface area contributed by atoms with Gasteiger partial charge in [0.25, 0.3) is 0 Å². The summed E-state index contributed by atoms with van der Waals surface area (Å²) < 4.78 is 17.7. The average Bonchev–Trinajstić information content (AvgIpc) is 2.89. The zero-order chi connectivity index (χ0) is 24.8. The van der Waals surface area contributed by atoms with Crippen LogP contribution in [0.3, 0.4) is 0 Å². The molecule has 1 aliphatic heterocycles. The molecular formula is C28H31N3O3S. The quantitative estimate of drug-likeness (QED) is 0.321. The van der Waals surface area contributed by atoms with Crippen molar-refractivity contribution < 1.29 is 14.2 Å². The van der Waals surface area contributed by atoms with E-state index in [4.69, 9.17) is 31.5 Å². The maximum atomic E-state index is 6.75. The number of hydrogen-bond donors (Lipinski definition) is 2. The van der Waals surface area contributed by atoms with E-state index in [1.165, 1.54) is 0 Å². The monoisotopic (exact) mass is 489 g/mol. The van der Waals surface area contributed by atoms with Crippen molar-refractivity contribution in [3.63, 3.8) is 0 Å². The summed E-state index contributed by atoms with van der Waals surface area (Å²) in [4.78, 5) is 0. The summed E-state index contributed by atoms with van der Waals surface area (Å²) >= 11 is 5.50. The molecule has 1 heterocycles. The van der Waals surface area contributed by atoms with Crippen molar-refractivity contribution >= 4 is 28.7 Å². The van der Waals surface area contributed by atoms with Crippen LogP contribution in [0.1, 0.15) is 37.2 Å². The molecule has 0 spiro atoms. The lowest BCUT2D eigenvalue weighted by atomic mass is 9.79. The van der Waals surface area contributed by atoms with Gasteiger partial charge in [-0.3, -0.25) is 5.43 Å². The lowest BCUT2D eigenvalue weighted by Gasteiger charge is -2.40. The second-order valence-electron chi connectivity index (χ2n) is 8.58. The molecule has 0 saturated carbocycles. The highest BCUT2D eigenvalue weighted by atomic mass is 32.1. The molecule has 2 N–H and O–H groups in total. The third kappa shape index (κ3) is 5.81. The van der Waals surface area contributed by atoms with Gasteiger partial charge in [-0.15, -0.1) is 0 Å². The first-order valence-corrected chi connectivity index (χ1v) is 12.0. The van der Waals surface area contributed by atoms with Gasteiger partial charge < -0.3 is 19.5 Å². The fourth-order valence-corrected chi connectivity index (χ4v) is 4.65. The predicted octanol–water partition coefficient (Wildman–Crippen LogP) is 6.13. The van der Waals surface area contributed by atoms with Crippen molar-refractivity contribution in [3.8, 4) is 11.5 Å². The summed E-state index contributed by atoms with van der Waals surface area (Å²) in [5.41, 5.74) is 7.01. The minimum atomic E-state index is -0.214. The number of thiocarbonyl (C=S) groups is 1. The maximum absolute atomic E-state index is 6.75. The van der Waals surface area contributed by atoms with Gasteiger partial charge in [0, 0.05) is 23.2 Å². The number of anilines is 1. The number of methoxy groups -OCH3 is 2. The van der Waals surface area contributed by atoms with Crippen LogP contribution in [0.15, 0.2) is 84.0 Å². The van der Waals surface area contributed by atoms with E-state index >= 15 is 0 Å². The van der Waals surface area contributed by atoms with Crippen LogP contribution in [0.2, 0.25) is 0 Å². The molecule has 0 radical (unpaired) electrons. The van der Waals surface area contributed by atoms with Gasteiger partial charge in [0.05, 0.1) is 26.4 Å². The zero-order valence-corrected chi connectivity index (χ0v) is 21.2. The molecule has 7 heteroatoms. The standard InChI is InChI=1S/C28H31N3O3S/c1-18-25(30-31-28(35)29-22-12-6-5-7-13-22)19(2)27(21-11-9-15-24(17-21)33-4)34-26(18)20-10-8-14-23(16-20)32-3/h5-19,26-27H,1-4H3,(H2,29,31,35)/t18-,19-,26-,27+/m1/s1. The number of hydrazone groups is 1. The number of benzene rings is 3. The van der Waals surface area contributed by atoms with Crippen LogP contribution in [0.5, 0.6) is 11.5 Å². The Kier molecular flexibility index (Phi) is 8.00. The number of nitrogens with one attached hydrogen (secondary N) is 2. The molecule has 0 unspecified atom stereocenters. The van der Waals surface area contributed by atoms with Crippen molar-refractivity contribution in [1.82, 2.24) is 5.43 Å². The number of ether oxygens (including phenoxy) is 3. The molecule has 3 aromatic carbocycles. The van der Waals surface area contributed by atoms with Gasteiger partial charge in [0.1, 0.15) is 11.5 Å². The molecule has 0 bridgehead atoms. The van der Waals surface area contributed by atoms with E-state index in [9.17, 15) is 0 Å². The van der Waals surface area contributed by atoms with Crippen LogP contribution in [0.25, 0.3) is 0 Å². The van der Waals surface area contributed by atoms with E-state index in [1.54, 1.807) is 14.2 Å². The third-order valence-corrected chi connectivity index (χ3v) is 6.49. The van der Waals surface area contributed by atoms with Gasteiger partial charge >= 0.3 is 0 Å². The van der Waals surface area contributed by atoms with Crippen LogP contribution < -0.4 is 20.2 Å². The molecule has 4 rings (SSSR count). The van der Waals surface area contributed by atoms with Crippen LogP contribution in [-0.4, -0.2) is 25.0 Å². The summed E-state index contributed by atoms with van der Waals surface area (Å²) in [5, 5.41) is 8.41. The molecule has 3 aromatic rings. The second-order valence-corrected chi connectivity index (χ2v) is 8.98. The van der Waals surface area contributed by atoms with E-state index < -0.39 is 0 Å². The van der Waals surface area contributed by atoms with Crippen LogP contribution in [-0.2, 0) is 4.74 Å². The smallest absolute Gasteiger partial charge is 0.191 e. The van der Waals surface area contributed by atoms with Crippen LogP contribution in [0.4, 0.5) is 5.69 Å². The minimum absolute atomic E-state index is 0.00555. The Bertz CT molecular complexity index is 1120. The largest absolute Gasteiger partial charge is 0.497 e. The summed E-state index contributed by atoms with van der Waals surface area (Å²) in [6, 6.07) is 25.8. The Labute approximate surface area is 212 Å². The van der Waals surface area contributed by atoms with Crippen molar-refractivity contribution in [2.24, 2.45) is 16.9 Å². The molecule has 1 saturated heterocycles. The third-order valence-electron chi connectivity index (χ3n) is 6.30. The normalized spacial score (nSPS) is 22.9. The molecule has 1 fully saturated rings. The molecule has 0 aromatic heterocycles. The van der Waals surface area contributed by atoms with Gasteiger partial charge in [-0.05, 0) is 59.7 Å². The molecule has 35 heavy (non-hydrogen) atoms. The molecule has 1 aliphatic rings. The molecule has 4 atom stereocenters. The van der Waals surface area contributed by atoms with Gasteiger partial charge in [0.15, 0.2) is 5.11 Å². The fraction of sp³-hybridized carbons (Fsp3) is 0.286. The average molecular weight is 490 g/mol. The summed E-state index contributed by atoms with van der Waals surface area (Å²) in [5.74, 6) is 1.59. The molecule has 0 aliphatic carbocycles. The van der Waals surface area contributed by atoms with Gasteiger partial charge in [-0.25, -0.2) is 0 Å². The first-order valence-electron chi connectivity index (χ1n) is 11.6. The Morgan fingerprint density at radius 3 is 1.86 bits per heavy atom. The lowest BCUT2D eigenvalue weighted by molar-refractivity contribution is -0.0639. The minimum Gasteiger partial charge on any atom is -0.497 e. The Morgan fingerprint density at radius 1 is 0.800 bits per heavy atom. The fourth-order valence-electron chi connectivity index (χ4n) is 4.49. The molecular weight excluding hydrogens is 458 g/mol. The Hall–Kier alpha value is -3.42. The van der Waals surface area contributed by atoms with E-state index in [0.717, 1.165) is 34.0 Å². The van der Waals surface area contributed by atoms with E-state index in [2.05, 4.69) is 36.7 Å². The summed E-state index contributed by atoms with van der Waals surface area (Å²) in [7, 11) is 3.34. The van der Waals surface area contributed by atoms with Gasteiger partial charge in [0.2, 0.25) is 0 Å². The Morgan fingerprint density at radius 2 is 1.34 bits per heavy atom. The highest BCUT2D eigenvalue weighted by Crippen LogP contribution is 2.44. The lowest BCUT2D eigenvalue weighted by Crippen LogP contribution is -2.40. The predicted molar refractivity (Wildman–Crippen MR) is 144 cm³/mol. The van der Waals surface area contributed by atoms with E-state index in [1.807, 2.05) is 66.7 Å². The highest BCUT2D eigenvalue weighted by Gasteiger charge is 2.40. The van der Waals surface area contributed by atoms with E-state index in [0.29, 0.717) is 5.11 Å². The molecule has 6 nitrogen and oxygen atoms in total. The first kappa shape index (κ1) is 24.7. The number of hydrogen-bond acceptors (Lipinski definition) is 5. The van der Waals surface area contributed by atoms with Crippen LogP contribution >= 0.6 is 12.2 Å². The first-order chi connectivity index (χ1) is 17.0. The van der Waals surface area contributed by atoms with E-state index in [-0.39, 0.29) is 24.0 Å². The highest BCUT2D eigenvalue weighted by molar-refractivity contribution is 7.80. The summed E-state index contributed by atoms with van der Waals surface area (Å²) in [6.07, 6.45) is -0.428. The van der Waals surface area contributed by atoms with Crippen LogP contribution in [0, 0.1) is 11.8 Å². The maximum Gasteiger partial charge on any atom is 0.191 e. The second kappa shape index (κ2) is 11.3. The SMILES string of the molecule is COc1cccc([C@H]2O[C@@H](c3cccc(OC)c3)[C@H](C)C(=NNC(=S)Nc3ccccc3)[C@H]2C)c1. The number of rotatable bonds is 6. The zero-order valence-electron chi connectivity index (χ0n) is 20.4. The van der Waals surface area contributed by atoms with Gasteiger partial charge in [-0.1, -0.05) is 56.3 Å². The molecule has 0 amide bonds.